The summed E-state index contributed by atoms with van der Waals surface area (Å²) in [4.78, 5) is 0. The van der Waals surface area contributed by atoms with Crippen LogP contribution in [0.15, 0.2) is 18.5 Å². The van der Waals surface area contributed by atoms with E-state index in [0.29, 0.717) is 0 Å². The van der Waals surface area contributed by atoms with Crippen LogP contribution in [0.5, 0.6) is 0 Å². The SMILES string of the molecule is CC[n+]1cccn1C.O=S(=O)([O-])C(F)(F)C(F)(F)C(F)(F)C(F)(F)F. The zero-order valence-corrected chi connectivity index (χ0v) is 13.2. The normalized spacial score (nSPS) is 14.1. The molecule has 5 nitrogen and oxygen atoms in total. The van der Waals surface area contributed by atoms with Gasteiger partial charge in [0.25, 0.3) is 0 Å². The van der Waals surface area contributed by atoms with Crippen LogP contribution in [-0.2, 0) is 23.7 Å². The summed E-state index contributed by atoms with van der Waals surface area (Å²) in [6.45, 7) is 3.17. The number of rotatable bonds is 4. The maximum atomic E-state index is 12.2. The molecule has 25 heavy (non-hydrogen) atoms. The molecule has 0 radical (unpaired) electrons. The van der Waals surface area contributed by atoms with Gasteiger partial charge in [-0.25, -0.2) is 8.42 Å². The Morgan fingerprint density at radius 1 is 1.00 bits per heavy atom. The molecule has 0 aliphatic carbocycles. The van der Waals surface area contributed by atoms with Crippen LogP contribution in [0.3, 0.4) is 0 Å². The molecule has 0 saturated carbocycles. The third kappa shape index (κ3) is 4.37. The molecule has 1 aromatic heterocycles. The summed E-state index contributed by atoms with van der Waals surface area (Å²) in [5.41, 5.74) is 0. The van der Waals surface area contributed by atoms with Gasteiger partial charge in [0.2, 0.25) is 0 Å². The molecule has 148 valence electrons. The molecule has 1 rings (SSSR count). The number of aryl methyl sites for hydroxylation is 2. The Balaban J connectivity index is 0.000000593. The number of hydrogen-bond acceptors (Lipinski definition) is 3. The van der Waals surface area contributed by atoms with Crippen LogP contribution in [0.1, 0.15) is 6.92 Å². The fraction of sp³-hybridized carbons (Fsp3) is 0.700. The molecule has 0 fully saturated rings. The first kappa shape index (κ1) is 23.5. The van der Waals surface area contributed by atoms with Gasteiger partial charge in [-0.05, 0) is 6.92 Å². The van der Waals surface area contributed by atoms with E-state index in [2.05, 4.69) is 22.5 Å². The topological polar surface area (TPSA) is 66.0 Å². The Kier molecular flexibility index (Phi) is 6.59. The molecule has 0 bridgehead atoms. The average molecular weight is 410 g/mol. The summed E-state index contributed by atoms with van der Waals surface area (Å²) in [5.74, 6) is -14.8. The monoisotopic (exact) mass is 410 g/mol. The predicted molar refractivity (Wildman–Crippen MR) is 61.9 cm³/mol. The minimum Gasteiger partial charge on any atom is -0.743 e. The van der Waals surface area contributed by atoms with Crippen molar-refractivity contribution < 1.29 is 57.2 Å². The highest BCUT2D eigenvalue weighted by Gasteiger charge is 2.83. The number of halogens is 9. The lowest BCUT2D eigenvalue weighted by molar-refractivity contribution is -0.770. The first-order chi connectivity index (χ1) is 10.8. The summed E-state index contributed by atoms with van der Waals surface area (Å²) in [6, 6.07) is 2.03. The van der Waals surface area contributed by atoms with E-state index in [-0.39, 0.29) is 0 Å². The predicted octanol–water partition coefficient (Wildman–Crippen LogP) is 2.29. The molecule has 0 saturated heterocycles. The number of hydrogen-bond donors (Lipinski definition) is 0. The van der Waals surface area contributed by atoms with Crippen molar-refractivity contribution in [2.24, 2.45) is 7.05 Å². The summed E-state index contributed by atoms with van der Waals surface area (Å²) < 4.78 is 140. The van der Waals surface area contributed by atoms with E-state index < -0.39 is 33.4 Å². The third-order valence-electron chi connectivity index (χ3n) is 2.72. The summed E-state index contributed by atoms with van der Waals surface area (Å²) in [5, 5.41) is -7.11. The van der Waals surface area contributed by atoms with E-state index in [1.54, 1.807) is 0 Å². The van der Waals surface area contributed by atoms with E-state index in [9.17, 15) is 52.5 Å². The third-order valence-corrected chi connectivity index (χ3v) is 3.60. The van der Waals surface area contributed by atoms with Crippen molar-refractivity contribution >= 4 is 10.1 Å². The highest BCUT2D eigenvalue weighted by Crippen LogP contribution is 2.54. The average Bonchev–Trinajstić information content (AvgIpc) is 2.81. The van der Waals surface area contributed by atoms with Gasteiger partial charge in [-0.15, -0.1) is 4.68 Å². The van der Waals surface area contributed by atoms with E-state index >= 15 is 0 Å². The molecule has 0 N–H and O–H groups in total. The van der Waals surface area contributed by atoms with Crippen molar-refractivity contribution in [3.63, 3.8) is 0 Å². The van der Waals surface area contributed by atoms with Gasteiger partial charge in [-0.1, -0.05) is 0 Å². The lowest BCUT2D eigenvalue weighted by Gasteiger charge is -2.34. The van der Waals surface area contributed by atoms with Crippen LogP contribution in [0.2, 0.25) is 0 Å². The zero-order chi connectivity index (χ0) is 20.5. The second-order valence-corrected chi connectivity index (χ2v) is 5.86. The van der Waals surface area contributed by atoms with Crippen LogP contribution in [0, 0.1) is 0 Å². The van der Waals surface area contributed by atoms with E-state index in [4.69, 9.17) is 0 Å². The van der Waals surface area contributed by atoms with E-state index in [0.717, 1.165) is 6.54 Å². The number of aromatic nitrogens is 2. The second-order valence-electron chi connectivity index (χ2n) is 4.44. The van der Waals surface area contributed by atoms with Crippen LogP contribution in [0.4, 0.5) is 39.5 Å². The van der Waals surface area contributed by atoms with Gasteiger partial charge < -0.3 is 4.55 Å². The van der Waals surface area contributed by atoms with E-state index in [1.165, 1.54) is 0 Å². The standard InChI is InChI=1S/C6H11N2.C4HF9O3S/c1-3-8-6-4-5-7(8)2;5-1(6,3(9,10)11)2(7,8)4(12,13)17(14,15)16/h4-6H,3H2,1-2H3;(H,14,15,16)/q+1;/p-1. The Morgan fingerprint density at radius 2 is 1.44 bits per heavy atom. The molecule has 0 aliphatic rings. The van der Waals surface area contributed by atoms with Gasteiger partial charge in [0.05, 0.1) is 13.2 Å². The highest BCUT2D eigenvalue weighted by atomic mass is 32.2. The molecule has 1 heterocycles. The maximum absolute atomic E-state index is 12.2. The van der Waals surface area contributed by atoms with Crippen LogP contribution < -0.4 is 4.68 Å². The van der Waals surface area contributed by atoms with Crippen molar-refractivity contribution in [2.45, 2.75) is 36.7 Å². The molecule has 1 aromatic rings. The fourth-order valence-corrected chi connectivity index (χ4v) is 1.74. The van der Waals surface area contributed by atoms with Gasteiger partial charge in [-0.2, -0.15) is 44.2 Å². The largest absolute Gasteiger partial charge is 0.743 e. The lowest BCUT2D eigenvalue weighted by atomic mass is 10.1. The van der Waals surface area contributed by atoms with Crippen molar-refractivity contribution in [1.29, 1.82) is 0 Å². The second kappa shape index (κ2) is 7.01. The molecule has 0 spiro atoms. The van der Waals surface area contributed by atoms with Crippen molar-refractivity contribution in [3.8, 4) is 0 Å². The van der Waals surface area contributed by atoms with Gasteiger partial charge in [0.1, 0.15) is 0 Å². The Labute approximate surface area is 135 Å². The Morgan fingerprint density at radius 3 is 1.64 bits per heavy atom. The zero-order valence-electron chi connectivity index (χ0n) is 12.4. The van der Waals surface area contributed by atoms with Gasteiger partial charge in [0, 0.05) is 6.07 Å². The fourth-order valence-electron chi connectivity index (χ4n) is 1.30. The summed E-state index contributed by atoms with van der Waals surface area (Å²) in [6.07, 6.45) is -3.08. The molecular weight excluding hydrogens is 399 g/mol. The quantitative estimate of drug-likeness (QED) is 0.435. The molecular formula is C10H11F9N2O3S. The Hall–Kier alpha value is -1.51. The van der Waals surface area contributed by atoms with Gasteiger partial charge in [0.15, 0.2) is 22.9 Å². The van der Waals surface area contributed by atoms with Crippen LogP contribution >= 0.6 is 0 Å². The lowest BCUT2D eigenvalue weighted by Crippen LogP contribution is -2.63. The summed E-state index contributed by atoms with van der Waals surface area (Å²) >= 11 is 0. The van der Waals surface area contributed by atoms with E-state index in [1.807, 2.05) is 19.3 Å². The minimum absolute atomic E-state index is 1.05. The number of alkyl halides is 9. The number of nitrogens with zero attached hydrogens (tertiary/aromatic N) is 2. The van der Waals surface area contributed by atoms with Crippen LogP contribution in [0.25, 0.3) is 0 Å². The van der Waals surface area contributed by atoms with Crippen molar-refractivity contribution in [1.82, 2.24) is 4.68 Å². The first-order valence-electron chi connectivity index (χ1n) is 6.01. The van der Waals surface area contributed by atoms with Crippen molar-refractivity contribution in [3.05, 3.63) is 18.5 Å². The minimum atomic E-state index is -7.43. The molecule has 0 atom stereocenters. The summed E-state index contributed by atoms with van der Waals surface area (Å²) in [7, 11) is -5.39. The molecule has 15 heteroatoms. The van der Waals surface area contributed by atoms with Crippen LogP contribution in [-0.4, -0.2) is 40.9 Å². The Bertz CT molecular complexity index is 682. The van der Waals surface area contributed by atoms with Gasteiger partial charge >= 0.3 is 23.3 Å². The van der Waals surface area contributed by atoms with Crippen molar-refractivity contribution in [2.75, 3.05) is 0 Å². The smallest absolute Gasteiger partial charge is 0.460 e. The molecule has 0 amide bonds. The molecule has 0 aromatic carbocycles. The molecule has 0 aliphatic heterocycles. The molecule has 0 unspecified atom stereocenters. The maximum Gasteiger partial charge on any atom is 0.460 e. The highest BCUT2D eigenvalue weighted by molar-refractivity contribution is 7.86. The van der Waals surface area contributed by atoms with Gasteiger partial charge in [-0.3, -0.25) is 0 Å². The first-order valence-corrected chi connectivity index (χ1v) is 7.42.